The summed E-state index contributed by atoms with van der Waals surface area (Å²) in [6, 6.07) is 10.5. The first-order valence-corrected chi connectivity index (χ1v) is 9.39. The summed E-state index contributed by atoms with van der Waals surface area (Å²) < 4.78 is 5.05. The van der Waals surface area contributed by atoms with Crippen molar-refractivity contribution in [1.29, 1.82) is 0 Å². The summed E-state index contributed by atoms with van der Waals surface area (Å²) in [5.74, 6) is -0.825. The third-order valence-electron chi connectivity index (χ3n) is 4.00. The molecule has 0 bridgehead atoms. The van der Waals surface area contributed by atoms with Gasteiger partial charge in [-0.15, -0.1) is 0 Å². The van der Waals surface area contributed by atoms with Crippen LogP contribution in [0.5, 0.6) is 0 Å². The molecule has 0 radical (unpaired) electrons. The molecule has 0 fully saturated rings. The van der Waals surface area contributed by atoms with Crippen LogP contribution in [0.15, 0.2) is 42.6 Å². The number of para-hydroxylation sites is 1. The van der Waals surface area contributed by atoms with Crippen LogP contribution in [-0.2, 0) is 4.74 Å². The summed E-state index contributed by atoms with van der Waals surface area (Å²) in [5.41, 5.74) is 2.01. The summed E-state index contributed by atoms with van der Waals surface area (Å²) in [5, 5.41) is 2.78. The minimum atomic E-state index is -0.466. The monoisotopic (exact) mass is 369 g/mol. The number of hydrogen-bond donors (Lipinski definition) is 1. The Bertz CT molecular complexity index is 771. The van der Waals surface area contributed by atoms with Gasteiger partial charge >= 0.3 is 5.97 Å². The van der Waals surface area contributed by atoms with Crippen molar-refractivity contribution in [3.8, 4) is 0 Å². The van der Waals surface area contributed by atoms with Gasteiger partial charge in [0.05, 0.1) is 17.9 Å². The standard InChI is InChI=1S/C21H27N3O3/c1-4-13-24(14-5-2)16-11-12-22-19(15-16)20(25)23-18-10-8-7-9-17(18)21(26)27-6-3/h7-12,15H,4-6,13-14H2,1-3H3,(H,23,25). The van der Waals surface area contributed by atoms with Crippen LogP contribution < -0.4 is 10.2 Å². The van der Waals surface area contributed by atoms with Gasteiger partial charge in [-0.25, -0.2) is 4.79 Å². The second-order valence-corrected chi connectivity index (χ2v) is 6.11. The Labute approximate surface area is 160 Å². The van der Waals surface area contributed by atoms with Crippen molar-refractivity contribution in [2.24, 2.45) is 0 Å². The zero-order chi connectivity index (χ0) is 19.6. The van der Waals surface area contributed by atoms with Crippen LogP contribution in [0.2, 0.25) is 0 Å². The van der Waals surface area contributed by atoms with Crippen LogP contribution in [0.1, 0.15) is 54.5 Å². The Morgan fingerprint density at radius 1 is 1.07 bits per heavy atom. The second kappa shape index (κ2) is 10.3. The number of esters is 1. The van der Waals surface area contributed by atoms with E-state index in [0.29, 0.717) is 16.9 Å². The third-order valence-corrected chi connectivity index (χ3v) is 4.00. The zero-order valence-electron chi connectivity index (χ0n) is 16.2. The van der Waals surface area contributed by atoms with E-state index in [-0.39, 0.29) is 12.5 Å². The Balaban J connectivity index is 2.22. The molecule has 0 aliphatic rings. The van der Waals surface area contributed by atoms with Crippen molar-refractivity contribution in [1.82, 2.24) is 4.98 Å². The molecular formula is C21H27N3O3. The lowest BCUT2D eigenvalue weighted by Crippen LogP contribution is -2.25. The highest BCUT2D eigenvalue weighted by atomic mass is 16.5. The number of pyridine rings is 1. The molecule has 0 unspecified atom stereocenters. The highest BCUT2D eigenvalue weighted by molar-refractivity contribution is 6.07. The number of carbonyl (C=O) groups excluding carboxylic acids is 2. The molecule has 0 saturated heterocycles. The van der Waals surface area contributed by atoms with E-state index in [9.17, 15) is 9.59 Å². The molecule has 0 saturated carbocycles. The van der Waals surface area contributed by atoms with Crippen LogP contribution in [0.4, 0.5) is 11.4 Å². The number of anilines is 2. The van der Waals surface area contributed by atoms with Crippen LogP contribution >= 0.6 is 0 Å². The van der Waals surface area contributed by atoms with Gasteiger partial charge in [-0.2, -0.15) is 0 Å². The lowest BCUT2D eigenvalue weighted by molar-refractivity contribution is 0.0527. The normalized spacial score (nSPS) is 10.3. The van der Waals surface area contributed by atoms with E-state index in [2.05, 4.69) is 29.0 Å². The molecule has 1 heterocycles. The maximum Gasteiger partial charge on any atom is 0.340 e. The number of nitrogens with zero attached hydrogens (tertiary/aromatic N) is 2. The Kier molecular flexibility index (Phi) is 7.79. The first-order valence-electron chi connectivity index (χ1n) is 9.39. The van der Waals surface area contributed by atoms with Gasteiger partial charge in [0.1, 0.15) is 5.69 Å². The molecule has 0 spiro atoms. The molecule has 2 aromatic rings. The largest absolute Gasteiger partial charge is 0.462 e. The van der Waals surface area contributed by atoms with Crippen LogP contribution in [0.3, 0.4) is 0 Å². The van der Waals surface area contributed by atoms with E-state index in [1.807, 2.05) is 6.07 Å². The molecule has 0 atom stereocenters. The lowest BCUT2D eigenvalue weighted by Gasteiger charge is -2.24. The summed E-state index contributed by atoms with van der Waals surface area (Å²) >= 11 is 0. The van der Waals surface area contributed by atoms with E-state index in [0.717, 1.165) is 31.6 Å². The molecular weight excluding hydrogens is 342 g/mol. The molecule has 144 valence electrons. The van der Waals surface area contributed by atoms with Crippen LogP contribution in [-0.4, -0.2) is 36.6 Å². The quantitative estimate of drug-likeness (QED) is 0.673. The van der Waals surface area contributed by atoms with Crippen molar-refractivity contribution < 1.29 is 14.3 Å². The summed E-state index contributed by atoms with van der Waals surface area (Å²) in [6.07, 6.45) is 3.69. The summed E-state index contributed by atoms with van der Waals surface area (Å²) in [7, 11) is 0. The second-order valence-electron chi connectivity index (χ2n) is 6.11. The van der Waals surface area contributed by atoms with E-state index in [1.54, 1.807) is 43.5 Å². The maximum atomic E-state index is 12.7. The first kappa shape index (κ1) is 20.4. The molecule has 6 heteroatoms. The minimum Gasteiger partial charge on any atom is -0.462 e. The molecule has 1 aromatic heterocycles. The number of benzene rings is 1. The van der Waals surface area contributed by atoms with Crippen LogP contribution in [0, 0.1) is 0 Å². The van der Waals surface area contributed by atoms with E-state index in [1.165, 1.54) is 0 Å². The van der Waals surface area contributed by atoms with Gasteiger partial charge in [-0.05, 0) is 44.0 Å². The number of ether oxygens (including phenoxy) is 1. The lowest BCUT2D eigenvalue weighted by atomic mass is 10.1. The molecule has 6 nitrogen and oxygen atoms in total. The van der Waals surface area contributed by atoms with Crippen molar-refractivity contribution in [2.45, 2.75) is 33.6 Å². The van der Waals surface area contributed by atoms with E-state index >= 15 is 0 Å². The predicted octanol–water partition coefficient (Wildman–Crippen LogP) is 4.14. The van der Waals surface area contributed by atoms with Crippen molar-refractivity contribution in [3.05, 3.63) is 53.9 Å². The van der Waals surface area contributed by atoms with Crippen molar-refractivity contribution in [3.63, 3.8) is 0 Å². The highest BCUT2D eigenvalue weighted by Crippen LogP contribution is 2.19. The Hall–Kier alpha value is -2.89. The molecule has 27 heavy (non-hydrogen) atoms. The predicted molar refractivity (Wildman–Crippen MR) is 107 cm³/mol. The Morgan fingerprint density at radius 2 is 1.78 bits per heavy atom. The van der Waals surface area contributed by atoms with E-state index < -0.39 is 5.97 Å². The minimum absolute atomic E-state index is 0.273. The maximum absolute atomic E-state index is 12.7. The van der Waals surface area contributed by atoms with Gasteiger partial charge in [0, 0.05) is 25.0 Å². The molecule has 0 aliphatic carbocycles. The molecule has 1 N–H and O–H groups in total. The first-order chi connectivity index (χ1) is 13.1. The molecule has 0 aliphatic heterocycles. The van der Waals surface area contributed by atoms with Gasteiger partial charge < -0.3 is 15.0 Å². The fraction of sp³-hybridized carbons (Fsp3) is 0.381. The summed E-state index contributed by atoms with van der Waals surface area (Å²) in [6.45, 7) is 8.12. The topological polar surface area (TPSA) is 71.5 Å². The van der Waals surface area contributed by atoms with Crippen molar-refractivity contribution >= 4 is 23.3 Å². The van der Waals surface area contributed by atoms with Gasteiger partial charge in [-0.1, -0.05) is 26.0 Å². The number of nitrogens with one attached hydrogen (secondary N) is 1. The number of hydrogen-bond acceptors (Lipinski definition) is 5. The van der Waals surface area contributed by atoms with Crippen LogP contribution in [0.25, 0.3) is 0 Å². The fourth-order valence-electron chi connectivity index (χ4n) is 2.82. The SMILES string of the molecule is CCCN(CCC)c1ccnc(C(=O)Nc2ccccc2C(=O)OCC)c1. The highest BCUT2D eigenvalue weighted by Gasteiger charge is 2.16. The average molecular weight is 369 g/mol. The van der Waals surface area contributed by atoms with E-state index in [4.69, 9.17) is 4.74 Å². The fourth-order valence-corrected chi connectivity index (χ4v) is 2.82. The molecule has 2 rings (SSSR count). The van der Waals surface area contributed by atoms with Gasteiger partial charge in [0.2, 0.25) is 0 Å². The number of aromatic nitrogens is 1. The van der Waals surface area contributed by atoms with Crippen molar-refractivity contribution in [2.75, 3.05) is 29.9 Å². The smallest absolute Gasteiger partial charge is 0.340 e. The van der Waals surface area contributed by atoms with Gasteiger partial charge in [0.25, 0.3) is 5.91 Å². The molecule has 1 aromatic carbocycles. The molecule has 1 amide bonds. The van der Waals surface area contributed by atoms with Gasteiger partial charge in [-0.3, -0.25) is 9.78 Å². The van der Waals surface area contributed by atoms with Gasteiger partial charge in [0.15, 0.2) is 0 Å². The number of carbonyl (C=O) groups is 2. The number of rotatable bonds is 9. The Morgan fingerprint density at radius 3 is 2.44 bits per heavy atom. The summed E-state index contributed by atoms with van der Waals surface area (Å²) in [4.78, 5) is 31.2. The zero-order valence-corrected chi connectivity index (χ0v) is 16.2. The third kappa shape index (κ3) is 5.54. The number of amides is 1. The average Bonchev–Trinajstić information content (AvgIpc) is 2.68.